The molecule has 1 aliphatic heterocycles. The van der Waals surface area contributed by atoms with Gasteiger partial charge in [0.25, 0.3) is 5.91 Å². The summed E-state index contributed by atoms with van der Waals surface area (Å²) in [6.07, 6.45) is 0.802. The number of aryl methyl sites for hydroxylation is 1. The first-order chi connectivity index (χ1) is 11.7. The Bertz CT molecular complexity index is 935. The van der Waals surface area contributed by atoms with E-state index in [1.807, 2.05) is 31.2 Å². The molecule has 25 heavy (non-hydrogen) atoms. The van der Waals surface area contributed by atoms with Crippen molar-refractivity contribution in [1.29, 1.82) is 0 Å². The van der Waals surface area contributed by atoms with Gasteiger partial charge in [-0.25, -0.2) is 12.7 Å². The third-order valence-electron chi connectivity index (χ3n) is 4.62. The normalized spacial score (nSPS) is 17.0. The van der Waals surface area contributed by atoms with Crippen molar-refractivity contribution in [3.05, 3.63) is 59.2 Å². The molecule has 2 aromatic carbocycles. The van der Waals surface area contributed by atoms with Gasteiger partial charge in [0.2, 0.25) is 10.0 Å². The van der Waals surface area contributed by atoms with Gasteiger partial charge in [-0.1, -0.05) is 24.3 Å². The molecule has 0 bridgehead atoms. The number of amides is 1. The molecule has 0 fully saturated rings. The SMILES string of the molecule is Cc1ccc(C(=O)N2c3ccccc3CC2C)cc1S(=O)(=O)N(C)C. The monoisotopic (exact) mass is 358 g/mol. The highest BCUT2D eigenvalue weighted by Gasteiger charge is 2.32. The molecule has 0 N–H and O–H groups in total. The summed E-state index contributed by atoms with van der Waals surface area (Å²) in [7, 11) is -0.622. The quantitative estimate of drug-likeness (QED) is 0.848. The molecule has 2 aromatic rings. The molecule has 3 rings (SSSR count). The van der Waals surface area contributed by atoms with Crippen LogP contribution in [0, 0.1) is 6.92 Å². The van der Waals surface area contributed by atoms with Crippen LogP contribution < -0.4 is 4.90 Å². The standard InChI is InChI=1S/C19H22N2O3S/c1-13-9-10-16(12-18(13)25(23,24)20(3)4)19(22)21-14(2)11-15-7-5-6-8-17(15)21/h5-10,12,14H,11H2,1-4H3. The van der Waals surface area contributed by atoms with Crippen molar-refractivity contribution in [1.82, 2.24) is 4.31 Å². The maximum atomic E-state index is 13.1. The number of para-hydroxylation sites is 1. The summed E-state index contributed by atoms with van der Waals surface area (Å²) >= 11 is 0. The van der Waals surface area contributed by atoms with Gasteiger partial charge >= 0.3 is 0 Å². The van der Waals surface area contributed by atoms with Crippen LogP contribution in [0.1, 0.15) is 28.4 Å². The number of rotatable bonds is 3. The third-order valence-corrected chi connectivity index (χ3v) is 6.58. The van der Waals surface area contributed by atoms with Crippen molar-refractivity contribution in [2.75, 3.05) is 19.0 Å². The molecule has 1 unspecified atom stereocenters. The molecular weight excluding hydrogens is 336 g/mol. The van der Waals surface area contributed by atoms with Gasteiger partial charge in [0.05, 0.1) is 4.90 Å². The van der Waals surface area contributed by atoms with Gasteiger partial charge in [-0.05, 0) is 49.6 Å². The molecule has 1 amide bonds. The average Bonchev–Trinajstić information content (AvgIpc) is 2.90. The van der Waals surface area contributed by atoms with E-state index in [9.17, 15) is 13.2 Å². The highest BCUT2D eigenvalue weighted by molar-refractivity contribution is 7.89. The Morgan fingerprint density at radius 2 is 1.84 bits per heavy atom. The van der Waals surface area contributed by atoms with Gasteiger partial charge in [-0.3, -0.25) is 4.79 Å². The van der Waals surface area contributed by atoms with Crippen molar-refractivity contribution in [3.63, 3.8) is 0 Å². The topological polar surface area (TPSA) is 57.7 Å². The van der Waals surface area contributed by atoms with Crippen LogP contribution in [0.15, 0.2) is 47.4 Å². The van der Waals surface area contributed by atoms with Crippen LogP contribution in [-0.2, 0) is 16.4 Å². The van der Waals surface area contributed by atoms with Gasteiger partial charge in [0.15, 0.2) is 0 Å². The molecule has 0 radical (unpaired) electrons. The molecular formula is C19H22N2O3S. The van der Waals surface area contributed by atoms with Crippen LogP contribution >= 0.6 is 0 Å². The second kappa shape index (κ2) is 6.28. The molecule has 132 valence electrons. The van der Waals surface area contributed by atoms with Gasteiger partial charge in [-0.2, -0.15) is 0 Å². The zero-order valence-corrected chi connectivity index (χ0v) is 15.7. The fourth-order valence-electron chi connectivity index (χ4n) is 3.22. The fourth-order valence-corrected chi connectivity index (χ4v) is 4.37. The van der Waals surface area contributed by atoms with E-state index >= 15 is 0 Å². The lowest BCUT2D eigenvalue weighted by atomic mass is 10.1. The Morgan fingerprint density at radius 3 is 2.52 bits per heavy atom. The molecule has 0 spiro atoms. The number of fused-ring (bicyclic) bond motifs is 1. The first-order valence-electron chi connectivity index (χ1n) is 8.18. The Hall–Kier alpha value is -2.18. The van der Waals surface area contributed by atoms with Gasteiger partial charge in [0.1, 0.15) is 0 Å². The number of benzene rings is 2. The first kappa shape index (κ1) is 17.6. The Balaban J connectivity index is 2.05. The molecule has 1 atom stereocenters. The summed E-state index contributed by atoms with van der Waals surface area (Å²) in [5, 5.41) is 0. The van der Waals surface area contributed by atoms with Crippen LogP contribution in [0.3, 0.4) is 0 Å². The highest BCUT2D eigenvalue weighted by atomic mass is 32.2. The van der Waals surface area contributed by atoms with Crippen LogP contribution in [0.5, 0.6) is 0 Å². The van der Waals surface area contributed by atoms with Crippen molar-refractivity contribution in [2.24, 2.45) is 0 Å². The van der Waals surface area contributed by atoms with Crippen molar-refractivity contribution in [3.8, 4) is 0 Å². The third kappa shape index (κ3) is 2.96. The molecule has 5 nitrogen and oxygen atoms in total. The van der Waals surface area contributed by atoms with Crippen molar-refractivity contribution >= 4 is 21.6 Å². The van der Waals surface area contributed by atoms with E-state index in [2.05, 4.69) is 0 Å². The van der Waals surface area contributed by atoms with Gasteiger partial charge in [-0.15, -0.1) is 0 Å². The van der Waals surface area contributed by atoms with E-state index in [0.29, 0.717) is 11.1 Å². The average molecular weight is 358 g/mol. The highest BCUT2D eigenvalue weighted by Crippen LogP contribution is 2.33. The summed E-state index contributed by atoms with van der Waals surface area (Å²) < 4.78 is 26.2. The zero-order chi connectivity index (χ0) is 18.4. The fraction of sp³-hybridized carbons (Fsp3) is 0.316. The van der Waals surface area contributed by atoms with Gasteiger partial charge in [0, 0.05) is 31.4 Å². The molecule has 0 saturated carbocycles. The number of sulfonamides is 1. The summed E-state index contributed by atoms with van der Waals surface area (Å²) in [5.41, 5.74) is 3.05. The van der Waals surface area contributed by atoms with E-state index in [4.69, 9.17) is 0 Å². The Morgan fingerprint density at radius 1 is 1.16 bits per heavy atom. The summed E-state index contributed by atoms with van der Waals surface area (Å²) in [4.78, 5) is 15.0. The number of carbonyl (C=O) groups excluding carboxylic acids is 1. The Kier molecular flexibility index (Phi) is 4.43. The number of carbonyl (C=O) groups is 1. The molecule has 6 heteroatoms. The first-order valence-corrected chi connectivity index (χ1v) is 9.62. The summed E-state index contributed by atoms with van der Waals surface area (Å²) in [6.45, 7) is 3.74. The minimum absolute atomic E-state index is 0.0418. The lowest BCUT2D eigenvalue weighted by molar-refractivity contribution is 0.0981. The second-order valence-corrected chi connectivity index (χ2v) is 8.74. The molecule has 0 aliphatic carbocycles. The summed E-state index contributed by atoms with van der Waals surface area (Å²) in [6, 6.07) is 12.7. The molecule has 0 aromatic heterocycles. The van der Waals surface area contributed by atoms with Crippen LogP contribution in [-0.4, -0.2) is 38.8 Å². The number of nitrogens with zero attached hydrogens (tertiary/aromatic N) is 2. The Labute approximate surface area is 148 Å². The lowest BCUT2D eigenvalue weighted by Gasteiger charge is -2.23. The van der Waals surface area contributed by atoms with E-state index in [0.717, 1.165) is 22.0 Å². The predicted molar refractivity (Wildman–Crippen MR) is 98.5 cm³/mol. The predicted octanol–water partition coefficient (Wildman–Crippen LogP) is 2.84. The summed E-state index contributed by atoms with van der Waals surface area (Å²) in [5.74, 6) is -0.173. The van der Waals surface area contributed by atoms with E-state index in [1.54, 1.807) is 24.0 Å². The molecule has 1 aliphatic rings. The number of hydrogen-bond acceptors (Lipinski definition) is 3. The maximum Gasteiger partial charge on any atom is 0.258 e. The minimum atomic E-state index is -3.60. The van der Waals surface area contributed by atoms with Crippen molar-refractivity contribution < 1.29 is 13.2 Å². The molecule has 0 saturated heterocycles. The van der Waals surface area contributed by atoms with E-state index < -0.39 is 10.0 Å². The van der Waals surface area contributed by atoms with E-state index in [-0.39, 0.29) is 16.8 Å². The van der Waals surface area contributed by atoms with Gasteiger partial charge < -0.3 is 4.90 Å². The number of hydrogen-bond donors (Lipinski definition) is 0. The van der Waals surface area contributed by atoms with E-state index in [1.165, 1.54) is 20.2 Å². The largest absolute Gasteiger partial charge is 0.305 e. The zero-order valence-electron chi connectivity index (χ0n) is 14.9. The minimum Gasteiger partial charge on any atom is -0.305 e. The van der Waals surface area contributed by atoms with Crippen LogP contribution in [0.2, 0.25) is 0 Å². The van der Waals surface area contributed by atoms with Crippen LogP contribution in [0.4, 0.5) is 5.69 Å². The molecule has 1 heterocycles. The second-order valence-electron chi connectivity index (χ2n) is 6.62. The maximum absolute atomic E-state index is 13.1. The number of anilines is 1. The smallest absolute Gasteiger partial charge is 0.258 e. The lowest BCUT2D eigenvalue weighted by Crippen LogP contribution is -2.36. The van der Waals surface area contributed by atoms with Crippen LogP contribution in [0.25, 0.3) is 0 Å². The van der Waals surface area contributed by atoms with Crippen molar-refractivity contribution in [2.45, 2.75) is 31.2 Å².